The average molecular weight is 515 g/mol. The molecule has 0 saturated carbocycles. The predicted octanol–water partition coefficient (Wildman–Crippen LogP) is 6.86. The SMILES string of the molecule is CCOc1ccc(S(OS(=O)(=O)C(F)(F)F)(c2ccc(C)cc2)c2ccc(OCC)cc2)cc1. The van der Waals surface area contributed by atoms with Crippen LogP contribution in [0.1, 0.15) is 19.4 Å². The van der Waals surface area contributed by atoms with Crippen molar-refractivity contribution in [1.29, 1.82) is 0 Å². The van der Waals surface area contributed by atoms with Crippen LogP contribution in [0.15, 0.2) is 87.5 Å². The number of rotatable bonds is 9. The molecule has 0 amide bonds. The topological polar surface area (TPSA) is 61.8 Å². The molecule has 0 aliphatic carbocycles. The number of hydrogen-bond acceptors (Lipinski definition) is 5. The van der Waals surface area contributed by atoms with Gasteiger partial charge in [0.05, 0.1) is 13.2 Å². The van der Waals surface area contributed by atoms with Gasteiger partial charge in [-0.3, -0.25) is 0 Å². The fourth-order valence-electron chi connectivity index (χ4n) is 3.22. The largest absolute Gasteiger partial charge is 0.524 e. The molecule has 3 rings (SSSR count). The van der Waals surface area contributed by atoms with E-state index in [-0.39, 0.29) is 9.79 Å². The van der Waals surface area contributed by atoms with Crippen molar-refractivity contribution in [3.05, 3.63) is 78.4 Å². The summed E-state index contributed by atoms with van der Waals surface area (Å²) in [6.45, 7) is 6.21. The third kappa shape index (κ3) is 5.34. The Kier molecular flexibility index (Phi) is 7.84. The summed E-state index contributed by atoms with van der Waals surface area (Å²) in [4.78, 5) is 0.813. The molecule has 0 aliphatic heterocycles. The smallest absolute Gasteiger partial charge is 0.494 e. The maximum Gasteiger partial charge on any atom is 0.524 e. The molecule has 10 heteroatoms. The van der Waals surface area contributed by atoms with Crippen molar-refractivity contribution < 1.29 is 34.7 Å². The summed E-state index contributed by atoms with van der Waals surface area (Å²) in [5, 5.41) is 0. The summed E-state index contributed by atoms with van der Waals surface area (Å²) >= 11 is 0. The molecule has 0 saturated heterocycles. The van der Waals surface area contributed by atoms with Crippen LogP contribution in [-0.2, 0) is 13.7 Å². The monoisotopic (exact) mass is 514 g/mol. The molecule has 0 aromatic heterocycles. The molecular weight excluding hydrogens is 489 g/mol. The Bertz CT molecular complexity index is 1140. The van der Waals surface area contributed by atoms with Gasteiger partial charge >= 0.3 is 15.6 Å². The quantitative estimate of drug-likeness (QED) is 0.292. The van der Waals surface area contributed by atoms with Crippen molar-refractivity contribution in [3.63, 3.8) is 0 Å². The van der Waals surface area contributed by atoms with Gasteiger partial charge in [0.1, 0.15) is 11.5 Å². The first-order chi connectivity index (χ1) is 16.0. The first-order valence-corrected chi connectivity index (χ1v) is 13.4. The van der Waals surface area contributed by atoms with Crippen molar-refractivity contribution in [2.75, 3.05) is 13.2 Å². The van der Waals surface area contributed by atoms with Crippen molar-refractivity contribution in [3.8, 4) is 11.5 Å². The van der Waals surface area contributed by atoms with Crippen molar-refractivity contribution in [2.45, 2.75) is 41.0 Å². The predicted molar refractivity (Wildman–Crippen MR) is 125 cm³/mol. The van der Waals surface area contributed by atoms with Crippen molar-refractivity contribution in [2.24, 2.45) is 0 Å². The Hall–Kier alpha value is -2.69. The summed E-state index contributed by atoms with van der Waals surface area (Å²) in [6.07, 6.45) is 0. The van der Waals surface area contributed by atoms with Gasteiger partial charge in [0.15, 0.2) is 0 Å². The van der Waals surface area contributed by atoms with Crippen LogP contribution in [0.5, 0.6) is 11.5 Å². The van der Waals surface area contributed by atoms with E-state index in [1.54, 1.807) is 62.4 Å². The number of halogens is 3. The molecule has 5 nitrogen and oxygen atoms in total. The number of ether oxygens (including phenoxy) is 2. The molecule has 0 N–H and O–H groups in total. The molecule has 184 valence electrons. The van der Waals surface area contributed by atoms with Crippen LogP contribution in [0, 0.1) is 6.92 Å². The van der Waals surface area contributed by atoms with Gasteiger partial charge in [-0.1, -0.05) is 17.7 Å². The third-order valence-electron chi connectivity index (χ3n) is 4.76. The Morgan fingerprint density at radius 1 is 0.676 bits per heavy atom. The third-order valence-corrected chi connectivity index (χ3v) is 9.67. The highest BCUT2D eigenvalue weighted by molar-refractivity contribution is 8.33. The van der Waals surface area contributed by atoms with Gasteiger partial charge in [-0.05, 0) is 91.7 Å². The maximum atomic E-state index is 13.6. The van der Waals surface area contributed by atoms with Crippen molar-refractivity contribution >= 4 is 20.4 Å². The second-order valence-corrected chi connectivity index (χ2v) is 11.6. The fourth-order valence-corrected chi connectivity index (χ4v) is 7.92. The molecule has 34 heavy (non-hydrogen) atoms. The zero-order chi connectivity index (χ0) is 25.0. The Labute approximate surface area is 199 Å². The van der Waals surface area contributed by atoms with E-state index in [0.29, 0.717) is 29.6 Å². The number of hydrogen-bond donors (Lipinski definition) is 0. The number of aryl methyl sites for hydroxylation is 1. The second-order valence-electron chi connectivity index (χ2n) is 7.15. The van der Waals surface area contributed by atoms with Crippen molar-refractivity contribution in [1.82, 2.24) is 0 Å². The molecular formula is C24H25F3O5S2. The molecule has 0 bridgehead atoms. The molecule has 0 atom stereocenters. The lowest BCUT2D eigenvalue weighted by Gasteiger charge is -2.39. The summed E-state index contributed by atoms with van der Waals surface area (Å²) in [5.74, 6) is 0.989. The van der Waals surface area contributed by atoms with Gasteiger partial charge in [-0.15, -0.1) is 0 Å². The van der Waals surface area contributed by atoms with Gasteiger partial charge in [-0.2, -0.15) is 25.2 Å². The minimum absolute atomic E-state index is 0.261. The molecule has 0 aliphatic rings. The average Bonchev–Trinajstić information content (AvgIpc) is 2.79. The van der Waals surface area contributed by atoms with E-state index in [0.717, 1.165) is 5.56 Å². The normalized spacial score (nSPS) is 12.9. The Morgan fingerprint density at radius 3 is 1.35 bits per heavy atom. The highest BCUT2D eigenvalue weighted by atomic mass is 32.3. The zero-order valence-electron chi connectivity index (χ0n) is 18.8. The summed E-state index contributed by atoms with van der Waals surface area (Å²) in [7, 11) is -9.35. The second kappa shape index (κ2) is 10.3. The van der Waals surface area contributed by atoms with E-state index in [1.165, 1.54) is 24.3 Å². The summed E-state index contributed by atoms with van der Waals surface area (Å²) < 4.78 is 81.7. The van der Waals surface area contributed by atoms with E-state index < -0.39 is 25.9 Å². The lowest BCUT2D eigenvalue weighted by molar-refractivity contribution is -0.0496. The molecule has 3 aromatic carbocycles. The van der Waals surface area contributed by atoms with Crippen LogP contribution in [0.4, 0.5) is 13.2 Å². The van der Waals surface area contributed by atoms with Gasteiger partial charge in [-0.25, -0.2) is 0 Å². The van der Waals surface area contributed by atoms with Crippen LogP contribution in [-0.4, -0.2) is 27.1 Å². The fraction of sp³-hybridized carbons (Fsp3) is 0.250. The Morgan fingerprint density at radius 2 is 1.03 bits per heavy atom. The standard InChI is InChI=1S/C24H25F3O5S2/c1-4-30-19-8-14-22(15-9-19)33(21-12-6-18(3)7-13-21,32-34(28,29)24(25,26)27)23-16-10-20(11-17-23)31-5-2/h6-17H,4-5H2,1-3H3. The number of benzene rings is 3. The van der Waals surface area contributed by atoms with Crippen LogP contribution < -0.4 is 9.47 Å². The van der Waals surface area contributed by atoms with Gasteiger partial charge in [0.2, 0.25) is 0 Å². The zero-order valence-corrected chi connectivity index (χ0v) is 20.5. The first kappa shape index (κ1) is 25.9. The van der Waals surface area contributed by atoms with Gasteiger partial charge < -0.3 is 9.47 Å². The highest BCUT2D eigenvalue weighted by Gasteiger charge is 2.52. The highest BCUT2D eigenvalue weighted by Crippen LogP contribution is 2.70. The molecule has 3 aromatic rings. The minimum Gasteiger partial charge on any atom is -0.494 e. The van der Waals surface area contributed by atoms with E-state index in [1.807, 2.05) is 6.92 Å². The molecule has 0 fully saturated rings. The van der Waals surface area contributed by atoms with Crippen LogP contribution in [0.3, 0.4) is 0 Å². The summed E-state index contributed by atoms with van der Waals surface area (Å²) in [6, 6.07) is 19.0. The first-order valence-electron chi connectivity index (χ1n) is 10.4. The van der Waals surface area contributed by atoms with E-state index in [4.69, 9.17) is 13.1 Å². The van der Waals surface area contributed by atoms with E-state index in [2.05, 4.69) is 0 Å². The molecule has 0 unspecified atom stereocenters. The molecule has 0 radical (unpaired) electrons. The molecule has 0 spiro atoms. The van der Waals surface area contributed by atoms with Gasteiger partial charge in [0.25, 0.3) is 0 Å². The van der Waals surface area contributed by atoms with Gasteiger partial charge in [0, 0.05) is 14.7 Å². The minimum atomic E-state index is -5.98. The number of alkyl halides is 3. The lowest BCUT2D eigenvalue weighted by atomic mass is 10.2. The van der Waals surface area contributed by atoms with Crippen LogP contribution in [0.2, 0.25) is 0 Å². The lowest BCUT2D eigenvalue weighted by Crippen LogP contribution is -2.27. The molecule has 0 heterocycles. The van der Waals surface area contributed by atoms with E-state index >= 15 is 0 Å². The van der Waals surface area contributed by atoms with Crippen LogP contribution >= 0.6 is 10.3 Å². The maximum absolute atomic E-state index is 13.6. The summed E-state index contributed by atoms with van der Waals surface area (Å²) in [5.41, 5.74) is -4.75. The van der Waals surface area contributed by atoms with E-state index in [9.17, 15) is 21.6 Å². The Balaban J connectivity index is 2.33. The van der Waals surface area contributed by atoms with Crippen LogP contribution in [0.25, 0.3) is 0 Å².